The zero-order valence-electron chi connectivity index (χ0n) is 14.1. The van der Waals surface area contributed by atoms with Gasteiger partial charge in [-0.25, -0.2) is 4.98 Å². The van der Waals surface area contributed by atoms with Gasteiger partial charge in [-0.05, 0) is 46.8 Å². The maximum atomic E-state index is 12.5. The highest BCUT2D eigenvalue weighted by atomic mass is 16.5. The molecule has 2 N–H and O–H groups in total. The molecule has 0 fully saturated rings. The number of hydrogen-bond acceptors (Lipinski definition) is 6. The molecule has 0 saturated heterocycles. The maximum Gasteiger partial charge on any atom is 0.316 e. The maximum absolute atomic E-state index is 12.5. The van der Waals surface area contributed by atoms with Crippen LogP contribution in [0.5, 0.6) is 0 Å². The van der Waals surface area contributed by atoms with Gasteiger partial charge in [-0.15, -0.1) is 0 Å². The van der Waals surface area contributed by atoms with Crippen LogP contribution < -0.4 is 0 Å². The fourth-order valence-electron chi connectivity index (χ4n) is 2.68. The number of carbonyl (C=O) groups excluding carboxylic acids is 1. The molecule has 0 aliphatic rings. The van der Waals surface area contributed by atoms with E-state index in [2.05, 4.69) is 4.98 Å². The number of fused-ring (bicyclic) bond motifs is 1. The number of carbonyl (C=O) groups is 1. The van der Waals surface area contributed by atoms with Crippen molar-refractivity contribution in [3.05, 3.63) is 29.7 Å². The predicted octanol–water partition coefficient (Wildman–Crippen LogP) is 2.47. The highest BCUT2D eigenvalue weighted by Crippen LogP contribution is 2.41. The summed E-state index contributed by atoms with van der Waals surface area (Å²) < 4.78 is 10.8. The van der Waals surface area contributed by atoms with Gasteiger partial charge in [0.15, 0.2) is 0 Å². The largest absolute Gasteiger partial charge is 0.465 e. The molecule has 23 heavy (non-hydrogen) atoms. The number of pyridine rings is 1. The van der Waals surface area contributed by atoms with Gasteiger partial charge in [-0.2, -0.15) is 0 Å². The van der Waals surface area contributed by atoms with Gasteiger partial charge in [0.2, 0.25) is 5.71 Å². The summed E-state index contributed by atoms with van der Waals surface area (Å²) in [4.78, 5) is 16.6. The van der Waals surface area contributed by atoms with Crippen molar-refractivity contribution in [1.82, 2.24) is 4.98 Å². The summed E-state index contributed by atoms with van der Waals surface area (Å²) >= 11 is 0. The third-order valence-corrected chi connectivity index (χ3v) is 3.58. The topological polar surface area (TPSA) is 92.8 Å². The lowest BCUT2D eigenvalue weighted by Crippen LogP contribution is -2.37. The van der Waals surface area contributed by atoms with Gasteiger partial charge >= 0.3 is 5.97 Å². The predicted molar refractivity (Wildman–Crippen MR) is 84.9 cm³/mol. The van der Waals surface area contributed by atoms with Gasteiger partial charge in [0.05, 0.1) is 12.2 Å². The van der Waals surface area contributed by atoms with Crippen LogP contribution in [0, 0.1) is 0 Å². The average Bonchev–Trinajstić information content (AvgIpc) is 2.77. The normalized spacial score (nSPS) is 14.0. The molecule has 0 amide bonds. The van der Waals surface area contributed by atoms with Crippen LogP contribution in [0.1, 0.15) is 51.9 Å². The molecule has 6 heteroatoms. The Hall–Kier alpha value is -1.92. The minimum absolute atomic E-state index is 0.192. The van der Waals surface area contributed by atoms with E-state index in [0.29, 0.717) is 16.7 Å². The van der Waals surface area contributed by atoms with Crippen LogP contribution in [0.4, 0.5) is 0 Å². The summed E-state index contributed by atoms with van der Waals surface area (Å²) in [6.45, 7) is 8.06. The Labute approximate surface area is 135 Å². The van der Waals surface area contributed by atoms with E-state index in [-0.39, 0.29) is 12.4 Å². The van der Waals surface area contributed by atoms with Crippen molar-refractivity contribution in [3.8, 4) is 0 Å². The van der Waals surface area contributed by atoms with Gasteiger partial charge in [0.1, 0.15) is 17.3 Å². The number of nitrogens with zero attached hydrogens (tertiary/aromatic N) is 1. The van der Waals surface area contributed by atoms with Crippen LogP contribution in [0.25, 0.3) is 11.1 Å². The fourth-order valence-corrected chi connectivity index (χ4v) is 2.68. The van der Waals surface area contributed by atoms with Crippen LogP contribution in [0.2, 0.25) is 0 Å². The second-order valence-corrected chi connectivity index (χ2v) is 6.60. The van der Waals surface area contributed by atoms with E-state index in [9.17, 15) is 15.0 Å². The Morgan fingerprint density at radius 2 is 2.00 bits per heavy atom. The van der Waals surface area contributed by atoms with Crippen molar-refractivity contribution >= 4 is 17.1 Å². The van der Waals surface area contributed by atoms with Gasteiger partial charge in [-0.1, -0.05) is 0 Å². The molecule has 1 unspecified atom stereocenters. The summed E-state index contributed by atoms with van der Waals surface area (Å²) in [6, 6.07) is 3.45. The molecule has 6 nitrogen and oxygen atoms in total. The van der Waals surface area contributed by atoms with Crippen molar-refractivity contribution in [2.75, 3.05) is 6.61 Å². The van der Waals surface area contributed by atoms with E-state index in [1.165, 1.54) is 13.8 Å². The van der Waals surface area contributed by atoms with Crippen LogP contribution in [0.15, 0.2) is 22.7 Å². The average molecular weight is 321 g/mol. The van der Waals surface area contributed by atoms with E-state index in [1.807, 2.05) is 0 Å². The minimum Gasteiger partial charge on any atom is -0.465 e. The second kappa shape index (κ2) is 5.94. The third kappa shape index (κ3) is 3.38. The first-order valence-electron chi connectivity index (χ1n) is 7.56. The van der Waals surface area contributed by atoms with Crippen molar-refractivity contribution in [2.24, 2.45) is 0 Å². The molecule has 2 aromatic rings. The highest BCUT2D eigenvalue weighted by molar-refractivity contribution is 5.89. The molecule has 0 aliphatic carbocycles. The zero-order chi connectivity index (χ0) is 17.4. The lowest BCUT2D eigenvalue weighted by Gasteiger charge is -2.29. The zero-order valence-corrected chi connectivity index (χ0v) is 14.1. The second-order valence-electron chi connectivity index (χ2n) is 6.60. The molecular formula is C17H23NO5. The Bertz CT molecular complexity index is 706. The van der Waals surface area contributed by atoms with E-state index >= 15 is 0 Å². The van der Waals surface area contributed by atoms with Crippen LogP contribution in [-0.4, -0.2) is 33.4 Å². The first kappa shape index (κ1) is 17.4. The molecule has 0 spiro atoms. The van der Waals surface area contributed by atoms with Gasteiger partial charge < -0.3 is 19.4 Å². The van der Waals surface area contributed by atoms with Crippen LogP contribution >= 0.6 is 0 Å². The van der Waals surface area contributed by atoms with Crippen molar-refractivity contribution in [3.63, 3.8) is 0 Å². The lowest BCUT2D eigenvalue weighted by molar-refractivity contribution is -0.150. The summed E-state index contributed by atoms with van der Waals surface area (Å²) in [6.07, 6.45) is 1.56. The molecule has 2 aromatic heterocycles. The molecule has 0 radical (unpaired) electrons. The van der Waals surface area contributed by atoms with Crippen molar-refractivity contribution in [1.29, 1.82) is 0 Å². The molecule has 0 aromatic carbocycles. The molecule has 0 saturated carbocycles. The molecule has 2 heterocycles. The first-order valence-corrected chi connectivity index (χ1v) is 7.56. The SMILES string of the molecule is CCOC(=O)C(c1c(C(C)(C)O)oc2ncccc12)C(C)(C)O. The van der Waals surface area contributed by atoms with Crippen LogP contribution in [-0.2, 0) is 15.1 Å². The monoisotopic (exact) mass is 321 g/mol. The van der Waals surface area contributed by atoms with E-state index < -0.39 is 23.1 Å². The van der Waals surface area contributed by atoms with Crippen molar-refractivity contribution in [2.45, 2.75) is 51.7 Å². The summed E-state index contributed by atoms with van der Waals surface area (Å²) in [5.74, 6) is -1.38. The Balaban J connectivity index is 2.78. The van der Waals surface area contributed by atoms with Gasteiger partial charge in [-0.3, -0.25) is 4.79 Å². The Kier molecular flexibility index (Phi) is 4.50. The minimum atomic E-state index is -1.40. The standard InChI is InChI=1S/C17H23NO5/c1-6-22-15(19)12(16(2,3)20)11-10-8-7-9-18-14(10)23-13(11)17(4,5)21/h7-9,12,20-21H,6H2,1-5H3. The van der Waals surface area contributed by atoms with Gasteiger partial charge in [0.25, 0.3) is 0 Å². The first-order chi connectivity index (χ1) is 10.6. The highest BCUT2D eigenvalue weighted by Gasteiger charge is 2.43. The summed E-state index contributed by atoms with van der Waals surface area (Å²) in [5, 5.41) is 21.6. The number of hydrogen-bond donors (Lipinski definition) is 2. The Morgan fingerprint density at radius 3 is 2.52 bits per heavy atom. The van der Waals surface area contributed by atoms with Crippen LogP contribution in [0.3, 0.4) is 0 Å². The molecule has 1 atom stereocenters. The van der Waals surface area contributed by atoms with E-state index in [4.69, 9.17) is 9.15 Å². The number of furan rings is 1. The quantitative estimate of drug-likeness (QED) is 0.822. The molecule has 0 bridgehead atoms. The molecule has 0 aliphatic heterocycles. The molecular weight excluding hydrogens is 298 g/mol. The lowest BCUT2D eigenvalue weighted by atomic mass is 9.81. The third-order valence-electron chi connectivity index (χ3n) is 3.58. The number of rotatable bonds is 5. The van der Waals surface area contributed by atoms with E-state index in [0.717, 1.165) is 0 Å². The summed E-state index contributed by atoms with van der Waals surface area (Å²) in [5.41, 5.74) is -2.03. The smallest absolute Gasteiger partial charge is 0.316 e. The Morgan fingerprint density at radius 1 is 1.35 bits per heavy atom. The molecule has 126 valence electrons. The summed E-state index contributed by atoms with van der Waals surface area (Å²) in [7, 11) is 0. The number of aromatic nitrogens is 1. The molecule has 2 rings (SSSR count). The fraction of sp³-hybridized carbons (Fsp3) is 0.529. The number of esters is 1. The van der Waals surface area contributed by atoms with Crippen molar-refractivity contribution < 1.29 is 24.2 Å². The number of aliphatic hydroxyl groups is 2. The van der Waals surface area contributed by atoms with Gasteiger partial charge in [0, 0.05) is 17.1 Å². The number of ether oxygens (including phenoxy) is 1. The van der Waals surface area contributed by atoms with E-state index in [1.54, 1.807) is 39.1 Å².